The van der Waals surface area contributed by atoms with E-state index < -0.39 is 0 Å². The van der Waals surface area contributed by atoms with Gasteiger partial charge in [0.05, 0.1) is 17.3 Å². The van der Waals surface area contributed by atoms with Crippen molar-refractivity contribution in [3.63, 3.8) is 0 Å². The zero-order valence-corrected chi connectivity index (χ0v) is 15.4. The molecule has 3 heterocycles. The van der Waals surface area contributed by atoms with Crippen LogP contribution < -0.4 is 0 Å². The summed E-state index contributed by atoms with van der Waals surface area (Å²) >= 11 is 3.14. The molecule has 0 N–H and O–H groups in total. The Morgan fingerprint density at radius 3 is 2.71 bits per heavy atom. The summed E-state index contributed by atoms with van der Waals surface area (Å²) in [5.74, 6) is 0.154. The lowest BCUT2D eigenvalue weighted by molar-refractivity contribution is -0.137. The first kappa shape index (κ1) is 17.2. The summed E-state index contributed by atoms with van der Waals surface area (Å²) in [6, 6.07) is 7.83. The van der Waals surface area contributed by atoms with Gasteiger partial charge in [-0.15, -0.1) is 22.7 Å². The van der Waals surface area contributed by atoms with E-state index in [2.05, 4.69) is 6.07 Å². The molecule has 0 bridgehead atoms. The highest BCUT2D eigenvalue weighted by atomic mass is 32.1. The van der Waals surface area contributed by atoms with Gasteiger partial charge in [0.2, 0.25) is 5.91 Å². The maximum absolute atomic E-state index is 12.9. The molecule has 3 rings (SSSR count). The van der Waals surface area contributed by atoms with Gasteiger partial charge in [-0.25, -0.2) is 0 Å². The molecule has 1 aliphatic rings. The van der Waals surface area contributed by atoms with Gasteiger partial charge >= 0.3 is 0 Å². The minimum absolute atomic E-state index is 0.0591. The Morgan fingerprint density at radius 1 is 1.25 bits per heavy atom. The van der Waals surface area contributed by atoms with Crippen LogP contribution in [0.5, 0.6) is 0 Å². The highest BCUT2D eigenvalue weighted by Crippen LogP contribution is 2.23. The molecule has 2 aromatic heterocycles. The van der Waals surface area contributed by atoms with Crippen molar-refractivity contribution in [3.05, 3.63) is 44.8 Å². The van der Waals surface area contributed by atoms with Crippen molar-refractivity contribution in [2.45, 2.75) is 26.3 Å². The number of carbonyl (C=O) groups is 2. The number of nitrogens with zero attached hydrogens (tertiary/aromatic N) is 2. The number of rotatable bonds is 5. The maximum atomic E-state index is 12.9. The van der Waals surface area contributed by atoms with E-state index in [0.29, 0.717) is 19.6 Å². The lowest BCUT2D eigenvalue weighted by Crippen LogP contribution is -2.46. The third-order valence-corrected chi connectivity index (χ3v) is 6.13. The van der Waals surface area contributed by atoms with Gasteiger partial charge in [-0.3, -0.25) is 9.59 Å². The predicted molar refractivity (Wildman–Crippen MR) is 98.4 cm³/mol. The monoisotopic (exact) mass is 362 g/mol. The number of thiophene rings is 2. The van der Waals surface area contributed by atoms with Gasteiger partial charge in [0.15, 0.2) is 0 Å². The van der Waals surface area contributed by atoms with Crippen LogP contribution in [-0.4, -0.2) is 41.2 Å². The third-order valence-electron chi connectivity index (χ3n) is 4.41. The summed E-state index contributed by atoms with van der Waals surface area (Å²) in [6.07, 6.45) is 1.76. The molecule has 0 spiro atoms. The molecule has 0 radical (unpaired) electrons. The van der Waals surface area contributed by atoms with Crippen LogP contribution in [0, 0.1) is 5.92 Å². The Balaban J connectivity index is 1.64. The average molecular weight is 363 g/mol. The highest BCUT2D eigenvalue weighted by molar-refractivity contribution is 7.12. The van der Waals surface area contributed by atoms with Crippen LogP contribution in [-0.2, 0) is 11.3 Å². The van der Waals surface area contributed by atoms with E-state index in [1.807, 2.05) is 45.7 Å². The number of likely N-dealkylation sites (tertiary alicyclic amines) is 1. The molecule has 2 aromatic rings. The van der Waals surface area contributed by atoms with Crippen molar-refractivity contribution < 1.29 is 9.59 Å². The fraction of sp³-hybridized carbons (Fsp3) is 0.444. The molecule has 6 heteroatoms. The minimum atomic E-state index is -0.0809. The van der Waals surface area contributed by atoms with Gasteiger partial charge in [-0.2, -0.15) is 0 Å². The van der Waals surface area contributed by atoms with Crippen LogP contribution in [0.3, 0.4) is 0 Å². The van der Waals surface area contributed by atoms with Crippen LogP contribution in [0.2, 0.25) is 0 Å². The number of hydrogen-bond acceptors (Lipinski definition) is 4. The van der Waals surface area contributed by atoms with Gasteiger partial charge < -0.3 is 9.80 Å². The van der Waals surface area contributed by atoms with E-state index >= 15 is 0 Å². The van der Waals surface area contributed by atoms with E-state index in [1.54, 1.807) is 11.3 Å². The SMILES string of the molecule is CCN(Cc1cccs1)C(=O)C1CCCN(C(=O)c2cccs2)C1. The first-order valence-corrected chi connectivity index (χ1v) is 10.1. The second-order valence-electron chi connectivity index (χ2n) is 6.00. The molecule has 0 saturated carbocycles. The lowest BCUT2D eigenvalue weighted by Gasteiger charge is -2.34. The summed E-state index contributed by atoms with van der Waals surface area (Å²) in [6.45, 7) is 4.67. The molecule has 24 heavy (non-hydrogen) atoms. The fourth-order valence-electron chi connectivity index (χ4n) is 3.11. The van der Waals surface area contributed by atoms with Crippen LogP contribution >= 0.6 is 22.7 Å². The molecular weight excluding hydrogens is 340 g/mol. The molecule has 2 amide bonds. The van der Waals surface area contributed by atoms with Gasteiger partial charge in [0.1, 0.15) is 0 Å². The van der Waals surface area contributed by atoms with Gasteiger partial charge in [0.25, 0.3) is 5.91 Å². The number of hydrogen-bond donors (Lipinski definition) is 0. The topological polar surface area (TPSA) is 40.6 Å². The third kappa shape index (κ3) is 3.87. The number of amides is 2. The van der Waals surface area contributed by atoms with E-state index in [9.17, 15) is 9.59 Å². The second kappa shape index (κ2) is 7.94. The predicted octanol–water partition coefficient (Wildman–Crippen LogP) is 3.71. The van der Waals surface area contributed by atoms with Crippen LogP contribution in [0.25, 0.3) is 0 Å². The second-order valence-corrected chi connectivity index (χ2v) is 7.98. The number of piperidine rings is 1. The summed E-state index contributed by atoms with van der Waals surface area (Å²) in [5.41, 5.74) is 0. The first-order chi connectivity index (χ1) is 11.7. The van der Waals surface area contributed by atoms with Gasteiger partial charge in [0, 0.05) is 24.5 Å². The Labute approximate surface area is 150 Å². The Hall–Kier alpha value is -1.66. The zero-order chi connectivity index (χ0) is 16.9. The molecule has 1 fully saturated rings. The van der Waals surface area contributed by atoms with Crippen molar-refractivity contribution in [1.29, 1.82) is 0 Å². The molecule has 0 aromatic carbocycles. The quantitative estimate of drug-likeness (QED) is 0.813. The lowest BCUT2D eigenvalue weighted by atomic mass is 9.96. The molecule has 1 atom stereocenters. The molecule has 1 saturated heterocycles. The van der Waals surface area contributed by atoms with E-state index in [-0.39, 0.29) is 17.7 Å². The highest BCUT2D eigenvalue weighted by Gasteiger charge is 2.31. The van der Waals surface area contributed by atoms with Crippen LogP contribution in [0.4, 0.5) is 0 Å². The smallest absolute Gasteiger partial charge is 0.263 e. The Morgan fingerprint density at radius 2 is 2.04 bits per heavy atom. The summed E-state index contributed by atoms with van der Waals surface area (Å²) in [5, 5.41) is 3.95. The minimum Gasteiger partial charge on any atom is -0.338 e. The molecule has 0 aliphatic carbocycles. The average Bonchev–Trinajstić information content (AvgIpc) is 3.32. The van der Waals surface area contributed by atoms with Gasteiger partial charge in [-0.05, 0) is 42.7 Å². The molecule has 128 valence electrons. The molecule has 1 aliphatic heterocycles. The largest absolute Gasteiger partial charge is 0.338 e. The van der Waals surface area contributed by atoms with Crippen molar-refractivity contribution in [2.75, 3.05) is 19.6 Å². The molecule has 1 unspecified atom stereocenters. The Bertz CT molecular complexity index is 667. The standard InChI is InChI=1S/C18H22N2O2S2/c1-2-19(13-15-7-4-10-23-15)17(21)14-6-3-9-20(12-14)18(22)16-8-5-11-24-16/h4-5,7-8,10-11,14H,2-3,6,9,12-13H2,1H3. The van der Waals surface area contributed by atoms with E-state index in [0.717, 1.165) is 24.3 Å². The summed E-state index contributed by atoms with van der Waals surface area (Å²) in [7, 11) is 0. The Kier molecular flexibility index (Phi) is 5.68. The number of carbonyl (C=O) groups excluding carboxylic acids is 2. The van der Waals surface area contributed by atoms with Crippen LogP contribution in [0.15, 0.2) is 35.0 Å². The van der Waals surface area contributed by atoms with Crippen molar-refractivity contribution in [3.8, 4) is 0 Å². The molecule has 4 nitrogen and oxygen atoms in total. The van der Waals surface area contributed by atoms with Gasteiger partial charge in [-0.1, -0.05) is 12.1 Å². The molecular formula is C18H22N2O2S2. The van der Waals surface area contributed by atoms with Crippen LogP contribution in [0.1, 0.15) is 34.3 Å². The fourth-order valence-corrected chi connectivity index (χ4v) is 4.52. The van der Waals surface area contributed by atoms with Crippen molar-refractivity contribution >= 4 is 34.5 Å². The van der Waals surface area contributed by atoms with Crippen molar-refractivity contribution in [1.82, 2.24) is 9.80 Å². The first-order valence-electron chi connectivity index (χ1n) is 8.33. The summed E-state index contributed by atoms with van der Waals surface area (Å²) < 4.78 is 0. The van der Waals surface area contributed by atoms with E-state index in [1.165, 1.54) is 16.2 Å². The normalized spacial score (nSPS) is 17.7. The maximum Gasteiger partial charge on any atom is 0.263 e. The van der Waals surface area contributed by atoms with E-state index in [4.69, 9.17) is 0 Å². The zero-order valence-electron chi connectivity index (χ0n) is 13.8. The van der Waals surface area contributed by atoms with Crippen molar-refractivity contribution in [2.24, 2.45) is 5.92 Å². The summed E-state index contributed by atoms with van der Waals surface area (Å²) in [4.78, 5) is 31.2.